The van der Waals surface area contributed by atoms with Crippen molar-refractivity contribution in [3.63, 3.8) is 0 Å². The quantitative estimate of drug-likeness (QED) is 0.820. The number of benzene rings is 1. The Labute approximate surface area is 101 Å². The van der Waals surface area contributed by atoms with Gasteiger partial charge in [0.1, 0.15) is 5.82 Å². The molecule has 0 amide bonds. The highest BCUT2D eigenvalue weighted by atomic mass is 15.3. The van der Waals surface area contributed by atoms with E-state index in [1.165, 1.54) is 5.56 Å². The fourth-order valence-electron chi connectivity index (χ4n) is 1.80. The minimum absolute atomic E-state index is 0.318. The molecular weight excluding hydrogens is 212 g/mol. The van der Waals surface area contributed by atoms with E-state index < -0.39 is 0 Å². The van der Waals surface area contributed by atoms with Crippen molar-refractivity contribution in [3.05, 3.63) is 48.2 Å². The predicted molar refractivity (Wildman–Crippen MR) is 69.9 cm³/mol. The molecule has 1 atom stereocenters. The van der Waals surface area contributed by atoms with Gasteiger partial charge < -0.3 is 11.1 Å². The van der Waals surface area contributed by atoms with Crippen LogP contribution in [0.2, 0.25) is 0 Å². The molecule has 90 valence electrons. The Morgan fingerprint density at radius 1 is 1.29 bits per heavy atom. The molecule has 0 saturated heterocycles. The summed E-state index contributed by atoms with van der Waals surface area (Å²) in [6, 6.07) is 12.3. The number of aryl methyl sites for hydroxylation is 1. The molecule has 2 rings (SSSR count). The average molecular weight is 230 g/mol. The number of anilines is 1. The minimum atomic E-state index is 0.318. The zero-order chi connectivity index (χ0) is 12.1. The van der Waals surface area contributed by atoms with Gasteiger partial charge in [-0.05, 0) is 5.56 Å². The summed E-state index contributed by atoms with van der Waals surface area (Å²) in [5.41, 5.74) is 7.07. The van der Waals surface area contributed by atoms with Crippen LogP contribution in [0.25, 0.3) is 0 Å². The van der Waals surface area contributed by atoms with E-state index in [0.717, 1.165) is 12.4 Å². The second kappa shape index (κ2) is 5.50. The van der Waals surface area contributed by atoms with E-state index in [1.807, 2.05) is 37.5 Å². The lowest BCUT2D eigenvalue weighted by molar-refractivity contribution is 0.721. The van der Waals surface area contributed by atoms with Crippen molar-refractivity contribution >= 4 is 5.82 Å². The van der Waals surface area contributed by atoms with Gasteiger partial charge in [0.25, 0.3) is 0 Å². The van der Waals surface area contributed by atoms with Gasteiger partial charge in [-0.1, -0.05) is 30.3 Å². The molecule has 1 aromatic heterocycles. The van der Waals surface area contributed by atoms with Crippen LogP contribution in [0.1, 0.15) is 11.5 Å². The van der Waals surface area contributed by atoms with Gasteiger partial charge in [-0.25, -0.2) is 0 Å². The maximum absolute atomic E-state index is 5.81. The summed E-state index contributed by atoms with van der Waals surface area (Å²) in [5.74, 6) is 1.21. The molecule has 0 aliphatic carbocycles. The topological polar surface area (TPSA) is 55.9 Å². The van der Waals surface area contributed by atoms with Gasteiger partial charge in [-0.15, -0.1) is 0 Å². The number of nitrogens with two attached hydrogens (primary N) is 1. The van der Waals surface area contributed by atoms with Crippen molar-refractivity contribution in [1.29, 1.82) is 0 Å². The molecule has 1 aromatic carbocycles. The first-order chi connectivity index (χ1) is 8.29. The number of rotatable bonds is 5. The highest BCUT2D eigenvalue weighted by Crippen LogP contribution is 2.14. The highest BCUT2D eigenvalue weighted by Gasteiger charge is 2.09. The molecular formula is C13H18N4. The third-order valence-electron chi connectivity index (χ3n) is 2.80. The predicted octanol–water partition coefficient (Wildman–Crippen LogP) is 1.57. The summed E-state index contributed by atoms with van der Waals surface area (Å²) in [6.07, 6.45) is 1.92. The molecule has 0 saturated carbocycles. The SMILES string of the molecule is Cn1ccc(NCC(CN)c2ccccc2)n1. The van der Waals surface area contributed by atoms with Gasteiger partial charge in [-0.2, -0.15) is 5.10 Å². The monoisotopic (exact) mass is 230 g/mol. The molecule has 4 heteroatoms. The van der Waals surface area contributed by atoms with E-state index in [-0.39, 0.29) is 0 Å². The number of nitrogens with zero attached hydrogens (tertiary/aromatic N) is 2. The first-order valence-electron chi connectivity index (χ1n) is 5.78. The maximum Gasteiger partial charge on any atom is 0.147 e. The molecule has 3 N–H and O–H groups in total. The molecule has 4 nitrogen and oxygen atoms in total. The molecule has 1 unspecified atom stereocenters. The second-order valence-corrected chi connectivity index (χ2v) is 4.10. The van der Waals surface area contributed by atoms with Crippen LogP contribution >= 0.6 is 0 Å². The third-order valence-corrected chi connectivity index (χ3v) is 2.80. The fraction of sp³-hybridized carbons (Fsp3) is 0.308. The summed E-state index contributed by atoms with van der Waals surface area (Å²) in [7, 11) is 1.91. The summed E-state index contributed by atoms with van der Waals surface area (Å²) in [4.78, 5) is 0. The maximum atomic E-state index is 5.81. The highest BCUT2D eigenvalue weighted by molar-refractivity contribution is 5.33. The first-order valence-corrected chi connectivity index (χ1v) is 5.78. The van der Waals surface area contributed by atoms with Crippen LogP contribution in [0.5, 0.6) is 0 Å². The Morgan fingerprint density at radius 2 is 2.06 bits per heavy atom. The standard InChI is InChI=1S/C13H18N4/c1-17-8-7-13(16-17)15-10-12(9-14)11-5-3-2-4-6-11/h2-8,12H,9-10,14H2,1H3,(H,15,16). The van der Waals surface area contributed by atoms with E-state index in [1.54, 1.807) is 4.68 Å². The minimum Gasteiger partial charge on any atom is -0.368 e. The van der Waals surface area contributed by atoms with Gasteiger partial charge in [0.05, 0.1) is 0 Å². The van der Waals surface area contributed by atoms with Crippen molar-refractivity contribution < 1.29 is 0 Å². The normalized spacial score (nSPS) is 12.4. The molecule has 0 radical (unpaired) electrons. The van der Waals surface area contributed by atoms with Gasteiger partial charge >= 0.3 is 0 Å². The summed E-state index contributed by atoms with van der Waals surface area (Å²) in [6.45, 7) is 1.43. The number of aromatic nitrogens is 2. The zero-order valence-corrected chi connectivity index (χ0v) is 10.0. The van der Waals surface area contributed by atoms with Gasteiger partial charge in [0, 0.05) is 38.3 Å². The summed E-state index contributed by atoms with van der Waals surface area (Å²) in [5, 5.41) is 7.58. The Balaban J connectivity index is 1.97. The summed E-state index contributed by atoms with van der Waals surface area (Å²) >= 11 is 0. The second-order valence-electron chi connectivity index (χ2n) is 4.10. The molecule has 0 spiro atoms. The van der Waals surface area contributed by atoms with Gasteiger partial charge in [0.15, 0.2) is 0 Å². The van der Waals surface area contributed by atoms with E-state index >= 15 is 0 Å². The smallest absolute Gasteiger partial charge is 0.147 e. The van der Waals surface area contributed by atoms with Crippen LogP contribution in [0.15, 0.2) is 42.6 Å². The van der Waals surface area contributed by atoms with Crippen LogP contribution in [0.3, 0.4) is 0 Å². The average Bonchev–Trinajstić information content (AvgIpc) is 2.77. The van der Waals surface area contributed by atoms with Crippen LogP contribution in [0.4, 0.5) is 5.82 Å². The van der Waals surface area contributed by atoms with E-state index in [9.17, 15) is 0 Å². The number of hydrogen-bond donors (Lipinski definition) is 2. The number of hydrogen-bond acceptors (Lipinski definition) is 3. The van der Waals surface area contributed by atoms with Crippen LogP contribution in [0, 0.1) is 0 Å². The van der Waals surface area contributed by atoms with Crippen molar-refractivity contribution in [2.45, 2.75) is 5.92 Å². The Hall–Kier alpha value is -1.81. The van der Waals surface area contributed by atoms with Crippen LogP contribution in [-0.2, 0) is 7.05 Å². The van der Waals surface area contributed by atoms with Gasteiger partial charge in [-0.3, -0.25) is 4.68 Å². The molecule has 2 aromatic rings. The fourth-order valence-corrected chi connectivity index (χ4v) is 1.80. The van der Waals surface area contributed by atoms with Crippen molar-refractivity contribution in [1.82, 2.24) is 9.78 Å². The largest absolute Gasteiger partial charge is 0.368 e. The Morgan fingerprint density at radius 3 is 2.65 bits per heavy atom. The van der Waals surface area contributed by atoms with Crippen molar-refractivity contribution in [2.75, 3.05) is 18.4 Å². The molecule has 0 bridgehead atoms. The van der Waals surface area contributed by atoms with E-state index in [4.69, 9.17) is 5.73 Å². The van der Waals surface area contributed by atoms with Crippen molar-refractivity contribution in [2.24, 2.45) is 12.8 Å². The molecule has 1 heterocycles. The van der Waals surface area contributed by atoms with Gasteiger partial charge in [0.2, 0.25) is 0 Å². The lowest BCUT2D eigenvalue weighted by Crippen LogP contribution is -2.21. The van der Waals surface area contributed by atoms with E-state index in [2.05, 4.69) is 22.5 Å². The Kier molecular flexibility index (Phi) is 3.77. The molecule has 0 aliphatic rings. The van der Waals surface area contributed by atoms with E-state index in [0.29, 0.717) is 12.5 Å². The molecule has 0 aliphatic heterocycles. The number of nitrogens with one attached hydrogen (secondary N) is 1. The molecule has 17 heavy (non-hydrogen) atoms. The zero-order valence-electron chi connectivity index (χ0n) is 10.0. The lowest BCUT2D eigenvalue weighted by atomic mass is 9.99. The van der Waals surface area contributed by atoms with Crippen LogP contribution < -0.4 is 11.1 Å². The third kappa shape index (κ3) is 3.07. The molecule has 0 fully saturated rings. The lowest BCUT2D eigenvalue weighted by Gasteiger charge is -2.15. The Bertz CT molecular complexity index is 449. The van der Waals surface area contributed by atoms with Crippen molar-refractivity contribution in [3.8, 4) is 0 Å². The first kappa shape index (κ1) is 11.7. The summed E-state index contributed by atoms with van der Waals surface area (Å²) < 4.78 is 1.78. The van der Waals surface area contributed by atoms with Crippen LogP contribution in [-0.4, -0.2) is 22.9 Å².